The average molecular weight is 290 g/mol. The van der Waals surface area contributed by atoms with Crippen molar-refractivity contribution in [2.45, 2.75) is 59.6 Å². The molecule has 0 aromatic carbocycles. The molecule has 0 bridgehead atoms. The molecule has 4 nitrogen and oxygen atoms in total. The van der Waals surface area contributed by atoms with Crippen LogP contribution in [0.25, 0.3) is 0 Å². The maximum atomic E-state index is 12.1. The van der Waals surface area contributed by atoms with Gasteiger partial charge in [-0.1, -0.05) is 19.0 Å². The van der Waals surface area contributed by atoms with E-state index in [4.69, 9.17) is 8.95 Å². The third kappa shape index (κ3) is 7.65. The third-order valence-corrected chi connectivity index (χ3v) is 3.54. The maximum absolute atomic E-state index is 12.1. The van der Waals surface area contributed by atoms with E-state index in [0.29, 0.717) is 5.71 Å². The molecule has 0 saturated heterocycles. The van der Waals surface area contributed by atoms with Gasteiger partial charge in [-0.25, -0.2) is 4.79 Å². The van der Waals surface area contributed by atoms with Gasteiger partial charge >= 0.3 is 5.97 Å². The number of nitrogens with zero attached hydrogens (tertiary/aromatic N) is 1. The van der Waals surface area contributed by atoms with Crippen LogP contribution in [0, 0.1) is 5.92 Å². The van der Waals surface area contributed by atoms with E-state index in [0.717, 1.165) is 6.42 Å². The fourth-order valence-corrected chi connectivity index (χ4v) is 2.07. The van der Waals surface area contributed by atoms with Gasteiger partial charge < -0.3 is 8.95 Å². The molecule has 0 radical (unpaired) electrons. The number of hydrogen-bond acceptors (Lipinski definition) is 4. The summed E-state index contributed by atoms with van der Waals surface area (Å²) in [5.41, 5.74) is 0.419. The fourth-order valence-electron chi connectivity index (χ4n) is 1.04. The largest absolute Gasteiger partial charge is 0.515 e. The first-order chi connectivity index (χ1) is 7.96. The summed E-state index contributed by atoms with van der Waals surface area (Å²) in [5.74, 6) is -0.257. The van der Waals surface area contributed by atoms with Crippen LogP contribution in [-0.4, -0.2) is 28.3 Å². The van der Waals surface area contributed by atoms with E-state index >= 15 is 0 Å². The highest BCUT2D eigenvalue weighted by Gasteiger charge is 2.27. The van der Waals surface area contributed by atoms with E-state index in [2.05, 4.69) is 5.16 Å². The van der Waals surface area contributed by atoms with Crippen molar-refractivity contribution in [1.29, 1.82) is 0 Å². The summed E-state index contributed by atoms with van der Waals surface area (Å²) in [4.78, 5) is 12.1. The molecular weight excluding hydrogens is 262 g/mol. The summed E-state index contributed by atoms with van der Waals surface area (Å²) in [6, 6.07) is 0. The van der Waals surface area contributed by atoms with Crippen LogP contribution in [0.5, 0.6) is 0 Å². The summed E-state index contributed by atoms with van der Waals surface area (Å²) >= 11 is 0. The number of rotatable bonds is 6. The van der Waals surface area contributed by atoms with Crippen LogP contribution in [-0.2, 0) is 13.7 Å². The molecule has 18 heavy (non-hydrogen) atoms. The van der Waals surface area contributed by atoms with Crippen molar-refractivity contribution in [2.75, 3.05) is 0 Å². The summed E-state index contributed by atoms with van der Waals surface area (Å²) < 4.78 is 11.0. The Morgan fingerprint density at radius 1 is 1.11 bits per heavy atom. The number of hydrogen-bond donors (Lipinski definition) is 0. The Hall–Kier alpha value is -0.626. The highest BCUT2D eigenvalue weighted by Crippen LogP contribution is 2.12. The SMILES string of the molecule is CCC(C)/C(=N/O[Si](C)(C)C)C(=O)O[Si](C)(C)C. The van der Waals surface area contributed by atoms with E-state index in [1.807, 2.05) is 53.1 Å². The Kier molecular flexibility index (Phi) is 6.29. The van der Waals surface area contributed by atoms with Gasteiger partial charge in [0.25, 0.3) is 8.32 Å². The molecule has 106 valence electrons. The van der Waals surface area contributed by atoms with E-state index in [9.17, 15) is 4.79 Å². The first kappa shape index (κ1) is 17.4. The minimum absolute atomic E-state index is 0.0604. The average Bonchev–Trinajstić information content (AvgIpc) is 2.12. The molecule has 0 aliphatic rings. The van der Waals surface area contributed by atoms with Crippen molar-refractivity contribution in [3.05, 3.63) is 0 Å². The van der Waals surface area contributed by atoms with Crippen molar-refractivity contribution in [3.8, 4) is 0 Å². The predicted octanol–water partition coefficient (Wildman–Crippen LogP) is 3.62. The molecule has 0 saturated carbocycles. The van der Waals surface area contributed by atoms with Crippen LogP contribution in [0.2, 0.25) is 39.3 Å². The molecule has 1 unspecified atom stereocenters. The Morgan fingerprint density at radius 3 is 1.94 bits per heavy atom. The van der Waals surface area contributed by atoms with Gasteiger partial charge in [0.1, 0.15) is 0 Å². The second-order valence-corrected chi connectivity index (χ2v) is 15.3. The Balaban J connectivity index is 4.95. The number of carbonyl (C=O) groups is 1. The maximum Gasteiger partial charge on any atom is 0.343 e. The summed E-state index contributed by atoms with van der Waals surface area (Å²) in [6.07, 6.45) is 0.842. The molecule has 0 aliphatic carbocycles. The van der Waals surface area contributed by atoms with Crippen LogP contribution >= 0.6 is 0 Å². The molecule has 0 rings (SSSR count). The van der Waals surface area contributed by atoms with Crippen molar-refractivity contribution in [1.82, 2.24) is 0 Å². The molecule has 0 fully saturated rings. The summed E-state index contributed by atoms with van der Waals surface area (Å²) in [7, 11) is -3.66. The van der Waals surface area contributed by atoms with Crippen LogP contribution in [0.4, 0.5) is 0 Å². The highest BCUT2D eigenvalue weighted by atomic mass is 28.4. The lowest BCUT2D eigenvalue weighted by atomic mass is 10.0. The van der Waals surface area contributed by atoms with Crippen molar-refractivity contribution in [2.24, 2.45) is 11.1 Å². The molecule has 0 N–H and O–H groups in total. The van der Waals surface area contributed by atoms with Gasteiger partial charge in [0.05, 0.1) is 0 Å². The molecule has 0 spiro atoms. The molecule has 0 heterocycles. The Labute approximate surface area is 113 Å². The zero-order chi connectivity index (χ0) is 14.6. The lowest BCUT2D eigenvalue weighted by Gasteiger charge is -2.21. The monoisotopic (exact) mass is 289 g/mol. The predicted molar refractivity (Wildman–Crippen MR) is 80.8 cm³/mol. The topological polar surface area (TPSA) is 47.9 Å². The van der Waals surface area contributed by atoms with E-state index < -0.39 is 16.6 Å². The first-order valence-electron chi connectivity index (χ1n) is 6.45. The first-order valence-corrected chi connectivity index (χ1v) is 13.3. The number of oxime groups is 1. The van der Waals surface area contributed by atoms with Crippen LogP contribution in [0.1, 0.15) is 20.3 Å². The third-order valence-electron chi connectivity index (χ3n) is 2.11. The van der Waals surface area contributed by atoms with Gasteiger partial charge in [-0.05, 0) is 45.7 Å². The summed E-state index contributed by atoms with van der Waals surface area (Å²) in [6.45, 7) is 16.1. The van der Waals surface area contributed by atoms with E-state index in [1.54, 1.807) is 0 Å². The van der Waals surface area contributed by atoms with Gasteiger partial charge in [0.2, 0.25) is 8.32 Å². The summed E-state index contributed by atoms with van der Waals surface area (Å²) in [5, 5.41) is 4.08. The molecule has 0 amide bonds. The fraction of sp³-hybridized carbons (Fsp3) is 0.833. The molecule has 0 aromatic heterocycles. The molecule has 0 aliphatic heterocycles. The van der Waals surface area contributed by atoms with Crippen LogP contribution in [0.15, 0.2) is 5.16 Å². The molecule has 6 heteroatoms. The Bertz CT molecular complexity index is 316. The molecular formula is C12H27NO3Si2. The van der Waals surface area contributed by atoms with E-state index in [-0.39, 0.29) is 11.9 Å². The van der Waals surface area contributed by atoms with Gasteiger partial charge in [0.15, 0.2) is 5.71 Å². The second kappa shape index (κ2) is 6.51. The van der Waals surface area contributed by atoms with Gasteiger partial charge in [-0.15, -0.1) is 0 Å². The van der Waals surface area contributed by atoms with Crippen molar-refractivity contribution < 1.29 is 13.7 Å². The smallest absolute Gasteiger partial charge is 0.343 e. The highest BCUT2D eigenvalue weighted by molar-refractivity contribution is 6.73. The Morgan fingerprint density at radius 2 is 1.61 bits per heavy atom. The molecule has 1 atom stereocenters. The van der Waals surface area contributed by atoms with Gasteiger partial charge in [-0.3, -0.25) is 0 Å². The lowest BCUT2D eigenvalue weighted by Crippen LogP contribution is -2.36. The van der Waals surface area contributed by atoms with Gasteiger partial charge in [-0.2, -0.15) is 0 Å². The van der Waals surface area contributed by atoms with Crippen LogP contribution < -0.4 is 0 Å². The van der Waals surface area contributed by atoms with Crippen LogP contribution in [0.3, 0.4) is 0 Å². The minimum Gasteiger partial charge on any atom is -0.515 e. The zero-order valence-electron chi connectivity index (χ0n) is 13.0. The zero-order valence-corrected chi connectivity index (χ0v) is 15.0. The molecule has 0 aromatic rings. The number of carbonyl (C=O) groups excluding carboxylic acids is 1. The van der Waals surface area contributed by atoms with E-state index in [1.165, 1.54) is 0 Å². The normalized spacial score (nSPS) is 15.2. The quantitative estimate of drug-likeness (QED) is 0.426. The van der Waals surface area contributed by atoms with Crippen molar-refractivity contribution in [3.63, 3.8) is 0 Å². The standard InChI is InChI=1S/C12H27NO3Si2/c1-9-10(2)11(13-16-18(6,7)8)12(14)15-17(3,4)5/h10H,9H2,1-8H3/b13-11-. The second-order valence-electron chi connectivity index (χ2n) is 6.49. The minimum atomic E-state index is -1.89. The lowest BCUT2D eigenvalue weighted by molar-refractivity contribution is -0.128. The van der Waals surface area contributed by atoms with Crippen molar-refractivity contribution >= 4 is 28.3 Å². The van der Waals surface area contributed by atoms with Gasteiger partial charge in [0, 0.05) is 5.92 Å².